The molecule has 5 N–H and O–H groups in total. The summed E-state index contributed by atoms with van der Waals surface area (Å²) < 4.78 is 25.2. The molecule has 0 aliphatic heterocycles. The van der Waals surface area contributed by atoms with E-state index in [9.17, 15) is 18.8 Å². The predicted molar refractivity (Wildman–Crippen MR) is 142 cm³/mol. The number of halogens is 1. The molecule has 0 radical (unpaired) electrons. The van der Waals surface area contributed by atoms with E-state index in [0.717, 1.165) is 0 Å². The Bertz CT molecular complexity index is 1470. The number of carbonyl (C=O) groups excluding carboxylic acids is 3. The monoisotopic (exact) mass is 537 g/mol. The van der Waals surface area contributed by atoms with Crippen molar-refractivity contribution >= 4 is 50.8 Å². The van der Waals surface area contributed by atoms with Gasteiger partial charge in [-0.25, -0.2) is 9.18 Å². The molecular weight excluding hydrogens is 513 g/mol. The normalized spacial score (nSPS) is 10.6. The molecule has 38 heavy (non-hydrogen) atoms. The van der Waals surface area contributed by atoms with Gasteiger partial charge in [-0.15, -0.1) is 11.3 Å². The van der Waals surface area contributed by atoms with Crippen molar-refractivity contribution in [3.63, 3.8) is 0 Å². The standard InChI is InChI=1S/C26H24FN5O5S/c1-36-23(33)9-11-30-25(34)22-13-20-24(38-22)21(8-10-29-20)37-17-5-3-16(4-6-17)31-26(35)32-19-12-15(14-28)2-7-18(19)27/h2-8,10,12-13H,9,11,14,28H2,1H3,(H,30,34)(H2,31,32,35). The van der Waals surface area contributed by atoms with Gasteiger partial charge in [0.05, 0.1) is 34.3 Å². The summed E-state index contributed by atoms with van der Waals surface area (Å²) in [4.78, 5) is 40.7. The lowest BCUT2D eigenvalue weighted by molar-refractivity contribution is -0.140. The lowest BCUT2D eigenvalue weighted by atomic mass is 10.2. The van der Waals surface area contributed by atoms with Crippen LogP contribution in [0.4, 0.5) is 20.6 Å². The van der Waals surface area contributed by atoms with E-state index in [-0.39, 0.29) is 31.1 Å². The van der Waals surface area contributed by atoms with Crippen LogP contribution in [-0.4, -0.2) is 36.5 Å². The molecule has 2 aromatic carbocycles. The van der Waals surface area contributed by atoms with Gasteiger partial charge in [0.1, 0.15) is 17.3 Å². The number of hydrogen-bond donors (Lipinski definition) is 4. The van der Waals surface area contributed by atoms with Gasteiger partial charge in [0, 0.05) is 31.0 Å². The summed E-state index contributed by atoms with van der Waals surface area (Å²) in [5.41, 5.74) is 7.34. The highest BCUT2D eigenvalue weighted by molar-refractivity contribution is 7.21. The van der Waals surface area contributed by atoms with E-state index < -0.39 is 17.8 Å². The number of nitrogens with one attached hydrogen (secondary N) is 3. The molecule has 0 unspecified atom stereocenters. The van der Waals surface area contributed by atoms with Crippen molar-refractivity contribution in [3.8, 4) is 11.5 Å². The molecule has 4 rings (SSSR count). The van der Waals surface area contributed by atoms with Crippen LogP contribution < -0.4 is 26.4 Å². The zero-order valence-corrected chi connectivity index (χ0v) is 21.1. The van der Waals surface area contributed by atoms with E-state index in [1.54, 1.807) is 48.7 Å². The van der Waals surface area contributed by atoms with Gasteiger partial charge in [0.2, 0.25) is 0 Å². The van der Waals surface area contributed by atoms with E-state index in [0.29, 0.717) is 37.8 Å². The number of esters is 1. The Hall–Kier alpha value is -4.55. The number of urea groups is 1. The quantitative estimate of drug-likeness (QED) is 0.228. The molecule has 0 bridgehead atoms. The van der Waals surface area contributed by atoms with E-state index in [4.69, 9.17) is 10.5 Å². The van der Waals surface area contributed by atoms with Crippen LogP contribution in [0.25, 0.3) is 10.2 Å². The Kier molecular flexibility index (Phi) is 8.46. The molecule has 10 nitrogen and oxygen atoms in total. The minimum Gasteiger partial charge on any atom is -0.469 e. The van der Waals surface area contributed by atoms with Crippen LogP contribution in [0.15, 0.2) is 60.8 Å². The van der Waals surface area contributed by atoms with Crippen molar-refractivity contribution in [2.75, 3.05) is 24.3 Å². The summed E-state index contributed by atoms with van der Waals surface area (Å²) in [6.45, 7) is 0.378. The molecule has 3 amide bonds. The van der Waals surface area contributed by atoms with Crippen molar-refractivity contribution in [1.29, 1.82) is 0 Å². The lowest BCUT2D eigenvalue weighted by Gasteiger charge is -2.11. The van der Waals surface area contributed by atoms with Crippen molar-refractivity contribution in [3.05, 3.63) is 77.1 Å². The van der Waals surface area contributed by atoms with Gasteiger partial charge in [-0.3, -0.25) is 14.6 Å². The Morgan fingerprint density at radius 2 is 1.84 bits per heavy atom. The molecule has 0 fully saturated rings. The van der Waals surface area contributed by atoms with Gasteiger partial charge in [-0.2, -0.15) is 0 Å². The maximum absolute atomic E-state index is 14.0. The summed E-state index contributed by atoms with van der Waals surface area (Å²) in [6.07, 6.45) is 1.65. The average molecular weight is 538 g/mol. The van der Waals surface area contributed by atoms with Crippen molar-refractivity contribution < 1.29 is 28.2 Å². The molecule has 2 heterocycles. The average Bonchev–Trinajstić information content (AvgIpc) is 3.36. The van der Waals surface area contributed by atoms with Gasteiger partial charge in [-0.05, 0) is 48.0 Å². The number of carbonyl (C=O) groups is 3. The summed E-state index contributed by atoms with van der Waals surface area (Å²) in [6, 6.07) is 13.6. The van der Waals surface area contributed by atoms with E-state index >= 15 is 0 Å². The molecule has 0 aliphatic rings. The molecule has 0 saturated carbocycles. The van der Waals surface area contributed by atoms with Gasteiger partial charge in [0.15, 0.2) is 0 Å². The second-order valence-corrected chi connectivity index (χ2v) is 8.99. The number of nitrogens with two attached hydrogens (primary N) is 1. The third kappa shape index (κ3) is 6.60. The van der Waals surface area contributed by atoms with Crippen LogP contribution in [0.3, 0.4) is 0 Å². The smallest absolute Gasteiger partial charge is 0.323 e. The second kappa shape index (κ2) is 12.1. The Balaban J connectivity index is 1.39. The van der Waals surface area contributed by atoms with Crippen LogP contribution in [0, 0.1) is 5.82 Å². The van der Waals surface area contributed by atoms with Crippen molar-refractivity contribution in [2.24, 2.45) is 5.73 Å². The number of nitrogens with zero attached hydrogens (tertiary/aromatic N) is 1. The maximum Gasteiger partial charge on any atom is 0.323 e. The van der Waals surface area contributed by atoms with E-state index in [1.807, 2.05) is 0 Å². The van der Waals surface area contributed by atoms with Crippen LogP contribution in [0.1, 0.15) is 21.7 Å². The molecule has 0 atom stereocenters. The largest absolute Gasteiger partial charge is 0.469 e. The number of rotatable bonds is 9. The topological polar surface area (TPSA) is 145 Å². The van der Waals surface area contributed by atoms with Crippen LogP contribution in [-0.2, 0) is 16.1 Å². The molecule has 0 spiro atoms. The third-order valence-electron chi connectivity index (χ3n) is 5.30. The van der Waals surface area contributed by atoms with Crippen LogP contribution in [0.2, 0.25) is 0 Å². The first-order chi connectivity index (χ1) is 18.4. The van der Waals surface area contributed by atoms with E-state index in [2.05, 4.69) is 25.7 Å². The summed E-state index contributed by atoms with van der Waals surface area (Å²) in [7, 11) is 1.29. The first-order valence-corrected chi connectivity index (χ1v) is 12.3. The molecule has 4 aromatic rings. The maximum atomic E-state index is 14.0. The molecule has 0 saturated heterocycles. The van der Waals surface area contributed by atoms with Crippen molar-refractivity contribution in [2.45, 2.75) is 13.0 Å². The summed E-state index contributed by atoms with van der Waals surface area (Å²) in [5.74, 6) is -0.316. The first-order valence-electron chi connectivity index (χ1n) is 11.4. The second-order valence-electron chi connectivity index (χ2n) is 7.94. The predicted octanol–water partition coefficient (Wildman–Crippen LogP) is 4.62. The fourth-order valence-corrected chi connectivity index (χ4v) is 4.37. The summed E-state index contributed by atoms with van der Waals surface area (Å²) in [5, 5.41) is 7.78. The number of amides is 3. The number of thiophene rings is 1. The van der Waals surface area contributed by atoms with Gasteiger partial charge >= 0.3 is 12.0 Å². The van der Waals surface area contributed by atoms with Crippen molar-refractivity contribution in [1.82, 2.24) is 10.3 Å². The zero-order valence-electron chi connectivity index (χ0n) is 20.2. The van der Waals surface area contributed by atoms with Crippen LogP contribution in [0.5, 0.6) is 11.5 Å². The number of pyridine rings is 1. The number of aromatic nitrogens is 1. The van der Waals surface area contributed by atoms with Crippen LogP contribution >= 0.6 is 11.3 Å². The highest BCUT2D eigenvalue weighted by atomic mass is 32.1. The Morgan fingerprint density at radius 1 is 1.05 bits per heavy atom. The first kappa shape index (κ1) is 26.5. The fourth-order valence-electron chi connectivity index (χ4n) is 3.39. The molecule has 2 aromatic heterocycles. The number of hydrogen-bond acceptors (Lipinski definition) is 8. The zero-order chi connectivity index (χ0) is 27.1. The number of fused-ring (bicyclic) bond motifs is 1. The summed E-state index contributed by atoms with van der Waals surface area (Å²) >= 11 is 1.21. The fraction of sp³-hybridized carbons (Fsp3) is 0.154. The molecule has 196 valence electrons. The Labute approximate surface area is 221 Å². The number of benzene rings is 2. The molecule has 0 aliphatic carbocycles. The highest BCUT2D eigenvalue weighted by Crippen LogP contribution is 2.35. The minimum atomic E-state index is -0.612. The highest BCUT2D eigenvalue weighted by Gasteiger charge is 2.15. The number of methoxy groups -OCH3 is 1. The Morgan fingerprint density at radius 3 is 2.58 bits per heavy atom. The van der Waals surface area contributed by atoms with Gasteiger partial charge in [-0.1, -0.05) is 6.07 Å². The van der Waals surface area contributed by atoms with E-state index in [1.165, 1.54) is 30.6 Å². The molecule has 12 heteroatoms. The van der Waals surface area contributed by atoms with Gasteiger partial charge < -0.3 is 31.2 Å². The van der Waals surface area contributed by atoms with Gasteiger partial charge in [0.25, 0.3) is 5.91 Å². The molecular formula is C26H24FN5O5S. The number of ether oxygens (including phenoxy) is 2. The SMILES string of the molecule is COC(=O)CCNC(=O)c1cc2nccc(Oc3ccc(NC(=O)Nc4cc(CN)ccc4F)cc3)c2s1. The lowest BCUT2D eigenvalue weighted by Crippen LogP contribution is -2.25. The number of anilines is 2. The third-order valence-corrected chi connectivity index (χ3v) is 6.43. The minimum absolute atomic E-state index is 0.0274.